The van der Waals surface area contributed by atoms with Crippen molar-refractivity contribution >= 4 is 33.2 Å². The van der Waals surface area contributed by atoms with Gasteiger partial charge < -0.3 is 20.3 Å². The fraction of sp³-hybridized carbons (Fsp3) is 0.240. The molecular weight excluding hydrogens is 457 g/mol. The van der Waals surface area contributed by atoms with Crippen LogP contribution in [0.25, 0.3) is 21.3 Å². The number of rotatable bonds is 9. The summed E-state index contributed by atoms with van der Waals surface area (Å²) >= 11 is 1.68. The van der Waals surface area contributed by atoms with Crippen molar-refractivity contribution in [1.29, 1.82) is 0 Å². The highest BCUT2D eigenvalue weighted by Crippen LogP contribution is 2.34. The molecule has 3 N–H and O–H groups in total. The predicted octanol–water partition coefficient (Wildman–Crippen LogP) is 4.84. The Bertz CT molecular complexity index is 1360. The fourth-order valence-electron chi connectivity index (χ4n) is 3.87. The first kappa shape index (κ1) is 23.6. The Morgan fingerprint density at radius 3 is 2.76 bits per heavy atom. The zero-order valence-corrected chi connectivity index (χ0v) is 19.6. The van der Waals surface area contributed by atoms with Crippen molar-refractivity contribution in [1.82, 2.24) is 9.97 Å². The average Bonchev–Trinajstić information content (AvgIpc) is 3.13. The number of ether oxygens (including phenoxy) is 1. The second-order valence-electron chi connectivity index (χ2n) is 7.79. The summed E-state index contributed by atoms with van der Waals surface area (Å²) in [6.45, 7) is 4.34. The molecule has 0 atom stereocenters. The number of aryl methyl sites for hydroxylation is 2. The lowest BCUT2D eigenvalue weighted by molar-refractivity contribution is 0.0691. The molecule has 0 aliphatic carbocycles. The molecule has 0 radical (unpaired) electrons. The maximum absolute atomic E-state index is 14.0. The van der Waals surface area contributed by atoms with Gasteiger partial charge in [0.2, 0.25) is 0 Å². The van der Waals surface area contributed by atoms with E-state index in [0.29, 0.717) is 30.0 Å². The zero-order chi connectivity index (χ0) is 24.2. The summed E-state index contributed by atoms with van der Waals surface area (Å²) in [4.78, 5) is 21.2. The van der Waals surface area contributed by atoms with Crippen molar-refractivity contribution in [3.8, 4) is 17.0 Å². The minimum Gasteiger partial charge on any atom is -0.490 e. The van der Waals surface area contributed by atoms with E-state index in [-0.39, 0.29) is 30.3 Å². The molecule has 0 saturated heterocycles. The molecule has 4 aromatic rings. The molecule has 4 rings (SSSR count). The number of fused-ring (bicyclic) bond motifs is 1. The number of carboxylic acid groups (broad SMARTS) is 1. The maximum Gasteiger partial charge on any atom is 0.339 e. The number of benzene rings is 2. The third-order valence-corrected chi connectivity index (χ3v) is 6.75. The molecule has 34 heavy (non-hydrogen) atoms. The average molecular weight is 482 g/mol. The third kappa shape index (κ3) is 5.00. The van der Waals surface area contributed by atoms with Gasteiger partial charge in [0, 0.05) is 27.8 Å². The smallest absolute Gasteiger partial charge is 0.339 e. The van der Waals surface area contributed by atoms with Crippen LogP contribution < -0.4 is 10.1 Å². The number of aromatic nitrogens is 2. The minimum atomic E-state index is -1.11. The first-order valence-corrected chi connectivity index (χ1v) is 11.5. The molecule has 0 saturated carbocycles. The Labute approximate surface area is 199 Å². The number of carboxylic acids is 1. The molecule has 0 fully saturated rings. The van der Waals surface area contributed by atoms with E-state index in [1.165, 1.54) is 17.3 Å². The molecular formula is C25H24FN3O4S. The first-order valence-electron chi connectivity index (χ1n) is 10.7. The van der Waals surface area contributed by atoms with Gasteiger partial charge >= 0.3 is 5.97 Å². The van der Waals surface area contributed by atoms with Crippen LogP contribution in [0.5, 0.6) is 5.75 Å². The summed E-state index contributed by atoms with van der Waals surface area (Å²) in [5, 5.41) is 22.6. The number of aliphatic hydroxyl groups is 1. The van der Waals surface area contributed by atoms with Gasteiger partial charge in [-0.1, -0.05) is 6.07 Å². The number of aromatic carboxylic acids is 1. The molecule has 2 aromatic heterocycles. The normalized spacial score (nSPS) is 11.1. The van der Waals surface area contributed by atoms with Crippen LogP contribution in [0, 0.1) is 19.7 Å². The Kier molecular flexibility index (Phi) is 7.04. The fourth-order valence-corrected chi connectivity index (χ4v) is 5.02. The molecule has 7 nitrogen and oxygen atoms in total. The van der Waals surface area contributed by atoms with Crippen molar-refractivity contribution in [3.63, 3.8) is 0 Å². The molecule has 0 amide bonds. The largest absolute Gasteiger partial charge is 0.490 e. The van der Waals surface area contributed by atoms with Crippen molar-refractivity contribution in [2.75, 3.05) is 25.1 Å². The topological polar surface area (TPSA) is 105 Å². The Balaban J connectivity index is 1.51. The van der Waals surface area contributed by atoms with E-state index >= 15 is 0 Å². The number of nitrogens with one attached hydrogen (secondary N) is 1. The molecule has 0 aliphatic rings. The maximum atomic E-state index is 14.0. The van der Waals surface area contributed by atoms with Crippen LogP contribution in [-0.2, 0) is 6.42 Å². The molecule has 2 heterocycles. The van der Waals surface area contributed by atoms with Crippen LogP contribution in [0.3, 0.4) is 0 Å². The lowest BCUT2D eigenvalue weighted by Crippen LogP contribution is -2.08. The molecule has 2 aromatic carbocycles. The van der Waals surface area contributed by atoms with Gasteiger partial charge in [0.15, 0.2) is 0 Å². The number of nitrogens with zero attached hydrogens (tertiary/aromatic N) is 2. The first-order chi connectivity index (χ1) is 16.4. The van der Waals surface area contributed by atoms with Gasteiger partial charge in [-0.25, -0.2) is 19.2 Å². The second kappa shape index (κ2) is 10.1. The van der Waals surface area contributed by atoms with Gasteiger partial charge in [0.1, 0.15) is 35.9 Å². The van der Waals surface area contributed by atoms with Crippen LogP contribution in [0.15, 0.2) is 42.7 Å². The molecule has 0 spiro atoms. The number of carbonyl (C=O) groups is 1. The van der Waals surface area contributed by atoms with Crippen LogP contribution in [0.2, 0.25) is 0 Å². The molecule has 0 unspecified atom stereocenters. The van der Waals surface area contributed by atoms with Gasteiger partial charge in [-0.3, -0.25) is 0 Å². The van der Waals surface area contributed by atoms with Crippen LogP contribution in [0.1, 0.15) is 26.4 Å². The van der Waals surface area contributed by atoms with E-state index in [1.54, 1.807) is 41.7 Å². The number of thiophene rings is 1. The molecule has 176 valence electrons. The number of anilines is 1. The molecule has 9 heteroatoms. The van der Waals surface area contributed by atoms with E-state index in [9.17, 15) is 14.3 Å². The number of aliphatic hydroxyl groups excluding tert-OH is 1. The minimum absolute atomic E-state index is 0.00892. The quantitative estimate of drug-likeness (QED) is 0.314. The van der Waals surface area contributed by atoms with E-state index < -0.39 is 5.97 Å². The van der Waals surface area contributed by atoms with E-state index in [2.05, 4.69) is 22.2 Å². The molecule has 0 aliphatic heterocycles. The van der Waals surface area contributed by atoms with Crippen LogP contribution in [-0.4, -0.2) is 45.9 Å². The molecule has 0 bridgehead atoms. The third-order valence-electron chi connectivity index (χ3n) is 5.45. The van der Waals surface area contributed by atoms with Crippen LogP contribution in [0.4, 0.5) is 10.2 Å². The number of hydrogen-bond donors (Lipinski definition) is 3. The summed E-state index contributed by atoms with van der Waals surface area (Å²) in [6, 6.07) is 9.62. The Hall–Kier alpha value is -3.56. The van der Waals surface area contributed by atoms with Gasteiger partial charge in [-0.15, -0.1) is 11.3 Å². The highest BCUT2D eigenvalue weighted by atomic mass is 32.1. The number of halogens is 1. The number of hydrogen-bond acceptors (Lipinski definition) is 7. The van der Waals surface area contributed by atoms with Gasteiger partial charge in [0.05, 0.1) is 12.3 Å². The Morgan fingerprint density at radius 1 is 1.18 bits per heavy atom. The highest BCUT2D eigenvalue weighted by Gasteiger charge is 2.15. The van der Waals surface area contributed by atoms with Gasteiger partial charge in [-0.05, 0) is 61.0 Å². The monoisotopic (exact) mass is 481 g/mol. The van der Waals surface area contributed by atoms with E-state index in [4.69, 9.17) is 9.84 Å². The van der Waals surface area contributed by atoms with Crippen molar-refractivity contribution in [2.45, 2.75) is 20.3 Å². The van der Waals surface area contributed by atoms with Crippen molar-refractivity contribution in [3.05, 3.63) is 70.1 Å². The van der Waals surface area contributed by atoms with Gasteiger partial charge in [-0.2, -0.15) is 0 Å². The van der Waals surface area contributed by atoms with Crippen molar-refractivity contribution in [2.24, 2.45) is 0 Å². The summed E-state index contributed by atoms with van der Waals surface area (Å²) in [5.74, 6) is -0.566. The summed E-state index contributed by atoms with van der Waals surface area (Å²) in [5.41, 5.74) is 3.33. The lowest BCUT2D eigenvalue weighted by atomic mass is 10.1. The lowest BCUT2D eigenvalue weighted by Gasteiger charge is -2.11. The summed E-state index contributed by atoms with van der Waals surface area (Å²) in [6.07, 6.45) is 2.14. The standard InChI is InChI=1S/C25H24FN3O4S/c1-14-9-17(26)11-20-18(15(2)34-24(14)20)5-6-27-23-12-21(28-13-29-23)16-3-4-19(25(31)32)22(10-16)33-8-7-30/h3-4,9-13,30H,5-8H2,1-2H3,(H,31,32)(H,27,28,29). The van der Waals surface area contributed by atoms with E-state index in [1.807, 2.05) is 6.92 Å². The van der Waals surface area contributed by atoms with Crippen LogP contribution >= 0.6 is 11.3 Å². The van der Waals surface area contributed by atoms with Gasteiger partial charge in [0.25, 0.3) is 0 Å². The zero-order valence-electron chi connectivity index (χ0n) is 18.8. The summed E-state index contributed by atoms with van der Waals surface area (Å²) < 4.78 is 20.5. The van der Waals surface area contributed by atoms with Crippen molar-refractivity contribution < 1.29 is 24.1 Å². The second-order valence-corrected chi connectivity index (χ2v) is 9.01. The van der Waals surface area contributed by atoms with E-state index in [0.717, 1.165) is 21.2 Å². The SMILES string of the molecule is Cc1sc2c(C)cc(F)cc2c1CCNc1cc(-c2ccc(C(=O)O)c(OCCO)c2)ncn1. The summed E-state index contributed by atoms with van der Waals surface area (Å²) in [7, 11) is 0. The predicted molar refractivity (Wildman–Crippen MR) is 130 cm³/mol. The highest BCUT2D eigenvalue weighted by molar-refractivity contribution is 7.19. The Morgan fingerprint density at radius 2 is 2.00 bits per heavy atom.